The number of aliphatic hydroxyl groups is 1. The van der Waals surface area contributed by atoms with E-state index in [1.807, 2.05) is 11.9 Å². The molecule has 0 amide bonds. The Balaban J connectivity index is 2.87. The van der Waals surface area contributed by atoms with Crippen molar-refractivity contribution in [3.63, 3.8) is 0 Å². The summed E-state index contributed by atoms with van der Waals surface area (Å²) in [4.78, 5) is 1.82. The lowest BCUT2D eigenvalue weighted by Gasteiger charge is -2.24. The van der Waals surface area contributed by atoms with E-state index in [0.717, 1.165) is 6.42 Å². The maximum atomic E-state index is 13.8. The zero-order chi connectivity index (χ0) is 12.8. The topological polar surface area (TPSA) is 32.7 Å². The molecule has 96 valence electrons. The highest BCUT2D eigenvalue weighted by molar-refractivity contribution is 5.55. The number of aliphatic hydroxyl groups excluding tert-OH is 1. The standard InChI is InChI=1S/C13H20FNO2/c1-10(16)11-6-4-7-12(14)13(11)15(2)8-5-9-17-3/h4,6-7,10,16H,5,8-9H2,1-3H3/t10-/m1/s1. The van der Waals surface area contributed by atoms with Crippen LogP contribution >= 0.6 is 0 Å². The van der Waals surface area contributed by atoms with E-state index in [-0.39, 0.29) is 5.82 Å². The highest BCUT2D eigenvalue weighted by Gasteiger charge is 2.15. The molecule has 3 nitrogen and oxygen atoms in total. The third-order valence-corrected chi connectivity index (χ3v) is 2.69. The molecule has 0 fully saturated rings. The van der Waals surface area contributed by atoms with Crippen molar-refractivity contribution in [2.24, 2.45) is 0 Å². The maximum absolute atomic E-state index is 13.8. The number of ether oxygens (including phenoxy) is 1. The number of rotatable bonds is 6. The Bertz CT molecular complexity index is 355. The Hall–Kier alpha value is -1.13. The van der Waals surface area contributed by atoms with Gasteiger partial charge in [0.1, 0.15) is 5.82 Å². The first-order valence-corrected chi connectivity index (χ1v) is 5.74. The lowest BCUT2D eigenvalue weighted by atomic mass is 10.1. The third kappa shape index (κ3) is 3.68. The average Bonchev–Trinajstić information content (AvgIpc) is 2.28. The summed E-state index contributed by atoms with van der Waals surface area (Å²) in [7, 11) is 3.46. The molecule has 0 bridgehead atoms. The highest BCUT2D eigenvalue weighted by Crippen LogP contribution is 2.28. The SMILES string of the molecule is COCCCN(C)c1c(F)cccc1[C@@H](C)O. The summed E-state index contributed by atoms with van der Waals surface area (Å²) >= 11 is 0. The number of nitrogens with zero attached hydrogens (tertiary/aromatic N) is 1. The van der Waals surface area contributed by atoms with Gasteiger partial charge >= 0.3 is 0 Å². The number of methoxy groups -OCH3 is 1. The lowest BCUT2D eigenvalue weighted by molar-refractivity contribution is 0.195. The summed E-state index contributed by atoms with van der Waals surface area (Å²) in [5.74, 6) is -0.302. The van der Waals surface area contributed by atoms with Gasteiger partial charge in [-0.15, -0.1) is 0 Å². The number of hydrogen-bond donors (Lipinski definition) is 1. The molecule has 1 atom stereocenters. The summed E-state index contributed by atoms with van der Waals surface area (Å²) in [5.41, 5.74) is 1.09. The Morgan fingerprint density at radius 3 is 2.76 bits per heavy atom. The van der Waals surface area contributed by atoms with Crippen molar-refractivity contribution in [1.82, 2.24) is 0 Å². The molecule has 0 radical (unpaired) electrons. The molecule has 0 aliphatic carbocycles. The van der Waals surface area contributed by atoms with Gasteiger partial charge in [-0.2, -0.15) is 0 Å². The van der Waals surface area contributed by atoms with Gasteiger partial charge in [0.25, 0.3) is 0 Å². The normalized spacial score (nSPS) is 12.5. The van der Waals surface area contributed by atoms with Crippen molar-refractivity contribution >= 4 is 5.69 Å². The largest absolute Gasteiger partial charge is 0.389 e. The van der Waals surface area contributed by atoms with Crippen LogP contribution in [0.4, 0.5) is 10.1 Å². The molecule has 0 spiro atoms. The molecule has 17 heavy (non-hydrogen) atoms. The van der Waals surface area contributed by atoms with Crippen LogP contribution in [0.15, 0.2) is 18.2 Å². The first-order chi connectivity index (χ1) is 8.07. The van der Waals surface area contributed by atoms with Crippen molar-refractivity contribution in [3.05, 3.63) is 29.6 Å². The van der Waals surface area contributed by atoms with E-state index in [0.29, 0.717) is 24.4 Å². The minimum atomic E-state index is -0.675. The lowest BCUT2D eigenvalue weighted by Crippen LogP contribution is -2.22. The molecule has 0 saturated carbocycles. The number of halogens is 1. The van der Waals surface area contributed by atoms with Gasteiger partial charge < -0.3 is 14.7 Å². The van der Waals surface area contributed by atoms with Crippen LogP contribution in [0.3, 0.4) is 0 Å². The second-order valence-corrected chi connectivity index (χ2v) is 4.12. The molecule has 0 aromatic heterocycles. The zero-order valence-electron chi connectivity index (χ0n) is 10.6. The molecule has 0 aliphatic rings. The fraction of sp³-hybridized carbons (Fsp3) is 0.538. The van der Waals surface area contributed by atoms with E-state index in [1.165, 1.54) is 6.07 Å². The smallest absolute Gasteiger partial charge is 0.146 e. The molecule has 1 N–H and O–H groups in total. The monoisotopic (exact) mass is 241 g/mol. The van der Waals surface area contributed by atoms with E-state index in [9.17, 15) is 9.50 Å². The number of anilines is 1. The van der Waals surface area contributed by atoms with Gasteiger partial charge in [-0.3, -0.25) is 0 Å². The van der Waals surface area contributed by atoms with Crippen LogP contribution in [0.5, 0.6) is 0 Å². The molecular weight excluding hydrogens is 221 g/mol. The Morgan fingerprint density at radius 1 is 1.47 bits per heavy atom. The van der Waals surface area contributed by atoms with Crippen LogP contribution in [-0.2, 0) is 4.74 Å². The van der Waals surface area contributed by atoms with Gasteiger partial charge in [-0.05, 0) is 19.4 Å². The Morgan fingerprint density at radius 2 is 2.18 bits per heavy atom. The van der Waals surface area contributed by atoms with Crippen molar-refractivity contribution in [2.45, 2.75) is 19.4 Å². The van der Waals surface area contributed by atoms with Crippen LogP contribution in [0.2, 0.25) is 0 Å². The van der Waals surface area contributed by atoms with Gasteiger partial charge in [0, 0.05) is 32.9 Å². The van der Waals surface area contributed by atoms with Gasteiger partial charge in [0.2, 0.25) is 0 Å². The molecule has 4 heteroatoms. The molecule has 1 aromatic rings. The van der Waals surface area contributed by atoms with E-state index < -0.39 is 6.10 Å². The van der Waals surface area contributed by atoms with E-state index in [2.05, 4.69) is 0 Å². The predicted molar refractivity (Wildman–Crippen MR) is 66.8 cm³/mol. The minimum Gasteiger partial charge on any atom is -0.389 e. The van der Waals surface area contributed by atoms with Crippen molar-refractivity contribution in [3.8, 4) is 0 Å². The molecule has 1 rings (SSSR count). The summed E-state index contributed by atoms with van der Waals surface area (Å²) < 4.78 is 18.8. The molecule has 0 heterocycles. The minimum absolute atomic E-state index is 0.302. The number of hydrogen-bond acceptors (Lipinski definition) is 3. The second kappa shape index (κ2) is 6.57. The van der Waals surface area contributed by atoms with Gasteiger partial charge in [-0.25, -0.2) is 4.39 Å². The van der Waals surface area contributed by atoms with Crippen LogP contribution in [0.25, 0.3) is 0 Å². The Kier molecular flexibility index (Phi) is 5.38. The molecular formula is C13H20FNO2. The van der Waals surface area contributed by atoms with E-state index >= 15 is 0 Å². The van der Waals surface area contributed by atoms with Crippen LogP contribution in [0, 0.1) is 5.82 Å². The van der Waals surface area contributed by atoms with Crippen LogP contribution in [-0.4, -0.2) is 32.4 Å². The zero-order valence-corrected chi connectivity index (χ0v) is 10.6. The second-order valence-electron chi connectivity index (χ2n) is 4.12. The third-order valence-electron chi connectivity index (χ3n) is 2.69. The molecule has 0 saturated heterocycles. The summed E-state index contributed by atoms with van der Waals surface area (Å²) in [6.45, 7) is 2.97. The fourth-order valence-corrected chi connectivity index (χ4v) is 1.83. The first-order valence-electron chi connectivity index (χ1n) is 5.74. The van der Waals surface area contributed by atoms with E-state index in [4.69, 9.17) is 4.74 Å². The predicted octanol–water partition coefficient (Wildman–Crippen LogP) is 2.35. The van der Waals surface area contributed by atoms with Crippen LogP contribution < -0.4 is 4.90 Å². The van der Waals surface area contributed by atoms with Crippen LogP contribution in [0.1, 0.15) is 25.0 Å². The van der Waals surface area contributed by atoms with Gasteiger partial charge in [0.15, 0.2) is 0 Å². The maximum Gasteiger partial charge on any atom is 0.146 e. The van der Waals surface area contributed by atoms with Crippen molar-refractivity contribution in [2.75, 3.05) is 32.2 Å². The quantitative estimate of drug-likeness (QED) is 0.776. The summed E-state index contributed by atoms with van der Waals surface area (Å²) in [6.07, 6.45) is 0.145. The number of benzene rings is 1. The fourth-order valence-electron chi connectivity index (χ4n) is 1.83. The van der Waals surface area contributed by atoms with Gasteiger partial charge in [-0.1, -0.05) is 12.1 Å². The summed E-state index contributed by atoms with van der Waals surface area (Å²) in [5, 5.41) is 9.63. The van der Waals surface area contributed by atoms with Crippen molar-refractivity contribution in [1.29, 1.82) is 0 Å². The number of para-hydroxylation sites is 1. The van der Waals surface area contributed by atoms with Crippen molar-refractivity contribution < 1.29 is 14.2 Å². The van der Waals surface area contributed by atoms with E-state index in [1.54, 1.807) is 26.2 Å². The molecule has 0 aliphatic heterocycles. The first kappa shape index (κ1) is 13.9. The summed E-state index contributed by atoms with van der Waals surface area (Å²) in [6, 6.07) is 4.77. The highest BCUT2D eigenvalue weighted by atomic mass is 19.1. The molecule has 0 unspecified atom stereocenters. The van der Waals surface area contributed by atoms with Gasteiger partial charge in [0.05, 0.1) is 11.8 Å². The Labute approximate surface area is 102 Å². The average molecular weight is 241 g/mol. The molecule has 1 aromatic carbocycles.